The lowest BCUT2D eigenvalue weighted by molar-refractivity contribution is 0.623. The maximum absolute atomic E-state index is 4.60. The molecule has 2 heterocycles. The van der Waals surface area contributed by atoms with E-state index in [2.05, 4.69) is 53.5 Å². The number of aromatic nitrogens is 2. The molecule has 0 fully saturated rings. The zero-order chi connectivity index (χ0) is 14.5. The summed E-state index contributed by atoms with van der Waals surface area (Å²) in [6.07, 6.45) is 5.14. The van der Waals surface area contributed by atoms with E-state index in [1.807, 2.05) is 16.8 Å². The Morgan fingerprint density at radius 1 is 1.50 bits per heavy atom. The van der Waals surface area contributed by atoms with E-state index in [9.17, 15) is 0 Å². The third-order valence-corrected chi connectivity index (χ3v) is 3.32. The Labute approximate surface area is 120 Å². The minimum atomic E-state index is 0.407. The first-order valence-electron chi connectivity index (χ1n) is 7.03. The van der Waals surface area contributed by atoms with Crippen LogP contribution >= 0.6 is 0 Å². The number of nitrogens with one attached hydrogen (secondary N) is 2. The van der Waals surface area contributed by atoms with Crippen LogP contribution in [0.5, 0.6) is 0 Å². The van der Waals surface area contributed by atoms with Crippen molar-refractivity contribution in [2.75, 3.05) is 7.05 Å². The fraction of sp³-hybridized carbons (Fsp3) is 0.467. The predicted molar refractivity (Wildman–Crippen MR) is 83.0 cm³/mol. The van der Waals surface area contributed by atoms with Gasteiger partial charge in [0.1, 0.15) is 5.65 Å². The van der Waals surface area contributed by atoms with E-state index in [0.29, 0.717) is 12.6 Å². The molecule has 0 aromatic carbocycles. The van der Waals surface area contributed by atoms with Crippen molar-refractivity contribution in [1.29, 1.82) is 0 Å². The van der Waals surface area contributed by atoms with Gasteiger partial charge in [-0.25, -0.2) is 4.98 Å². The summed E-state index contributed by atoms with van der Waals surface area (Å²) in [5.41, 5.74) is 3.20. The summed E-state index contributed by atoms with van der Waals surface area (Å²) < 4.78 is 2.04. The molecule has 0 radical (unpaired) electrons. The highest BCUT2D eigenvalue weighted by Gasteiger charge is 2.05. The second kappa shape index (κ2) is 6.41. The van der Waals surface area contributed by atoms with Crippen LogP contribution in [-0.2, 0) is 6.54 Å². The van der Waals surface area contributed by atoms with Gasteiger partial charge in [0.2, 0.25) is 0 Å². The Bertz CT molecular complexity index is 599. The number of nitrogens with zero attached hydrogens (tertiary/aromatic N) is 3. The zero-order valence-electron chi connectivity index (χ0n) is 12.6. The zero-order valence-corrected chi connectivity index (χ0v) is 12.6. The fourth-order valence-corrected chi connectivity index (χ4v) is 1.93. The molecule has 0 bridgehead atoms. The number of aryl methyl sites for hydroxylation is 1. The number of rotatable bonds is 4. The molecule has 2 aromatic heterocycles. The molecule has 2 N–H and O–H groups in total. The van der Waals surface area contributed by atoms with Gasteiger partial charge in [0.05, 0.1) is 12.2 Å². The number of aliphatic imine (C=N–C) groups is 1. The molecule has 5 heteroatoms. The SMILES string of the molecule is CCC(C)NC(=NC)NCc1cn2ccc(C)cc2n1. The van der Waals surface area contributed by atoms with Crippen LogP contribution in [0.2, 0.25) is 0 Å². The number of hydrogen-bond acceptors (Lipinski definition) is 2. The van der Waals surface area contributed by atoms with E-state index >= 15 is 0 Å². The molecule has 20 heavy (non-hydrogen) atoms. The van der Waals surface area contributed by atoms with Crippen molar-refractivity contribution in [2.24, 2.45) is 4.99 Å². The average molecular weight is 273 g/mol. The third kappa shape index (κ3) is 3.50. The minimum absolute atomic E-state index is 0.407. The maximum Gasteiger partial charge on any atom is 0.191 e. The lowest BCUT2D eigenvalue weighted by atomic mass is 10.3. The van der Waals surface area contributed by atoms with Crippen molar-refractivity contribution in [1.82, 2.24) is 20.0 Å². The Morgan fingerprint density at radius 3 is 3.00 bits per heavy atom. The van der Waals surface area contributed by atoms with Gasteiger partial charge in [-0.1, -0.05) is 6.92 Å². The van der Waals surface area contributed by atoms with E-state index < -0.39 is 0 Å². The summed E-state index contributed by atoms with van der Waals surface area (Å²) in [5, 5.41) is 6.62. The van der Waals surface area contributed by atoms with Gasteiger partial charge in [-0.15, -0.1) is 0 Å². The van der Waals surface area contributed by atoms with Crippen LogP contribution in [0.1, 0.15) is 31.5 Å². The van der Waals surface area contributed by atoms with Gasteiger partial charge in [-0.2, -0.15) is 0 Å². The van der Waals surface area contributed by atoms with Crippen molar-refractivity contribution < 1.29 is 0 Å². The molecule has 1 unspecified atom stereocenters. The number of fused-ring (bicyclic) bond motifs is 1. The van der Waals surface area contributed by atoms with Crippen molar-refractivity contribution in [3.05, 3.63) is 35.8 Å². The molecule has 108 valence electrons. The second-order valence-electron chi connectivity index (χ2n) is 5.08. The minimum Gasteiger partial charge on any atom is -0.354 e. The summed E-state index contributed by atoms with van der Waals surface area (Å²) in [4.78, 5) is 8.82. The van der Waals surface area contributed by atoms with E-state index in [-0.39, 0.29) is 0 Å². The van der Waals surface area contributed by atoms with E-state index in [1.54, 1.807) is 7.05 Å². The largest absolute Gasteiger partial charge is 0.354 e. The van der Waals surface area contributed by atoms with Gasteiger partial charge in [-0.05, 0) is 38.0 Å². The Kier molecular flexibility index (Phi) is 4.61. The standard InChI is InChI=1S/C15H23N5/c1-5-12(3)18-15(16-4)17-9-13-10-20-7-6-11(2)8-14(20)19-13/h6-8,10,12H,5,9H2,1-4H3,(H2,16,17,18). The fourth-order valence-electron chi connectivity index (χ4n) is 1.93. The van der Waals surface area contributed by atoms with E-state index in [0.717, 1.165) is 23.7 Å². The predicted octanol–water partition coefficient (Wildman–Crippen LogP) is 2.11. The number of imidazole rings is 1. The Morgan fingerprint density at radius 2 is 2.30 bits per heavy atom. The summed E-state index contributed by atoms with van der Waals surface area (Å²) >= 11 is 0. The van der Waals surface area contributed by atoms with Crippen LogP contribution in [0, 0.1) is 6.92 Å². The Balaban J connectivity index is 2.01. The molecule has 2 aromatic rings. The molecule has 0 spiro atoms. The molecule has 0 saturated heterocycles. The second-order valence-corrected chi connectivity index (χ2v) is 5.08. The number of hydrogen-bond donors (Lipinski definition) is 2. The first-order chi connectivity index (χ1) is 9.62. The van der Waals surface area contributed by atoms with E-state index in [4.69, 9.17) is 0 Å². The van der Waals surface area contributed by atoms with E-state index in [1.165, 1.54) is 5.56 Å². The van der Waals surface area contributed by atoms with Crippen molar-refractivity contribution in [2.45, 2.75) is 39.8 Å². The topological polar surface area (TPSA) is 53.7 Å². The molecule has 0 amide bonds. The monoisotopic (exact) mass is 273 g/mol. The molecule has 0 aliphatic rings. The average Bonchev–Trinajstić information content (AvgIpc) is 2.84. The quantitative estimate of drug-likeness (QED) is 0.662. The van der Waals surface area contributed by atoms with Crippen LogP contribution in [0.25, 0.3) is 5.65 Å². The first kappa shape index (κ1) is 14.4. The molecule has 1 atom stereocenters. The molecule has 0 aliphatic heterocycles. The normalized spacial score (nSPS) is 13.5. The van der Waals surface area contributed by atoms with Crippen LogP contribution < -0.4 is 10.6 Å². The highest BCUT2D eigenvalue weighted by Crippen LogP contribution is 2.07. The van der Waals surface area contributed by atoms with Crippen LogP contribution in [0.15, 0.2) is 29.5 Å². The summed E-state index contributed by atoms with van der Waals surface area (Å²) in [7, 11) is 1.78. The third-order valence-electron chi connectivity index (χ3n) is 3.32. The number of pyridine rings is 1. The smallest absolute Gasteiger partial charge is 0.191 e. The van der Waals surface area contributed by atoms with Crippen molar-refractivity contribution >= 4 is 11.6 Å². The summed E-state index contributed by atoms with van der Waals surface area (Å²) in [5.74, 6) is 0.813. The molecular formula is C15H23N5. The summed E-state index contributed by atoms with van der Waals surface area (Å²) in [6.45, 7) is 7.03. The van der Waals surface area contributed by atoms with Crippen molar-refractivity contribution in [3.8, 4) is 0 Å². The highest BCUT2D eigenvalue weighted by molar-refractivity contribution is 5.79. The van der Waals surface area contributed by atoms with Gasteiger partial charge >= 0.3 is 0 Å². The van der Waals surface area contributed by atoms with Gasteiger partial charge in [0.15, 0.2) is 5.96 Å². The molecule has 5 nitrogen and oxygen atoms in total. The lowest BCUT2D eigenvalue weighted by Crippen LogP contribution is -2.41. The van der Waals surface area contributed by atoms with Crippen molar-refractivity contribution in [3.63, 3.8) is 0 Å². The van der Waals surface area contributed by atoms with Gasteiger partial charge in [0, 0.05) is 25.5 Å². The first-order valence-corrected chi connectivity index (χ1v) is 7.03. The molecule has 0 aliphatic carbocycles. The molecular weight excluding hydrogens is 250 g/mol. The van der Waals surface area contributed by atoms with Gasteiger partial charge < -0.3 is 15.0 Å². The van der Waals surface area contributed by atoms with Crippen LogP contribution in [0.4, 0.5) is 0 Å². The van der Waals surface area contributed by atoms with Crippen LogP contribution in [0.3, 0.4) is 0 Å². The maximum atomic E-state index is 4.60. The molecule has 2 rings (SSSR count). The number of guanidine groups is 1. The summed E-state index contributed by atoms with van der Waals surface area (Å²) in [6, 6.07) is 4.57. The van der Waals surface area contributed by atoms with Gasteiger partial charge in [0.25, 0.3) is 0 Å². The highest BCUT2D eigenvalue weighted by atomic mass is 15.2. The Hall–Kier alpha value is -2.04. The van der Waals surface area contributed by atoms with Gasteiger partial charge in [-0.3, -0.25) is 4.99 Å². The lowest BCUT2D eigenvalue weighted by Gasteiger charge is -2.15. The van der Waals surface area contributed by atoms with Crippen LogP contribution in [-0.4, -0.2) is 28.4 Å². The molecule has 0 saturated carbocycles.